The highest BCUT2D eigenvalue weighted by Crippen LogP contribution is 2.24. The lowest BCUT2D eigenvalue weighted by molar-refractivity contribution is 0.0696. The zero-order valence-corrected chi connectivity index (χ0v) is 12.4. The second kappa shape index (κ2) is 6.07. The van der Waals surface area contributed by atoms with Crippen LogP contribution in [0.1, 0.15) is 20.7 Å². The Labute approximate surface area is 128 Å². The van der Waals surface area contributed by atoms with Gasteiger partial charge in [-0.3, -0.25) is 4.79 Å². The third-order valence-electron chi connectivity index (χ3n) is 2.57. The summed E-state index contributed by atoms with van der Waals surface area (Å²) >= 11 is 9.02. The van der Waals surface area contributed by atoms with Gasteiger partial charge in [0.05, 0.1) is 11.3 Å². The fraction of sp³-hybridized carbons (Fsp3) is 0. The lowest BCUT2D eigenvalue weighted by Gasteiger charge is -2.08. The van der Waals surface area contributed by atoms with Crippen LogP contribution in [0, 0.1) is 0 Å². The molecule has 102 valence electrons. The standard InChI is InChI=1S/C14H9BrClNO3/c15-11-6-3-9(14(19)20)7-12(11)17-13(18)8-1-4-10(16)5-2-8/h1-7H,(H,17,18)(H,19,20). The Bertz CT molecular complexity index is 671. The molecular weight excluding hydrogens is 346 g/mol. The zero-order valence-electron chi connectivity index (χ0n) is 10.1. The van der Waals surface area contributed by atoms with Gasteiger partial charge in [-0.2, -0.15) is 0 Å². The van der Waals surface area contributed by atoms with E-state index in [4.69, 9.17) is 16.7 Å². The molecule has 1 amide bonds. The monoisotopic (exact) mass is 353 g/mol. The highest BCUT2D eigenvalue weighted by molar-refractivity contribution is 9.10. The zero-order chi connectivity index (χ0) is 14.7. The quantitative estimate of drug-likeness (QED) is 0.874. The molecule has 4 nitrogen and oxygen atoms in total. The summed E-state index contributed by atoms with van der Waals surface area (Å²) in [5.74, 6) is -1.40. The normalized spacial score (nSPS) is 10.1. The summed E-state index contributed by atoms with van der Waals surface area (Å²) in [5, 5.41) is 12.1. The van der Waals surface area contributed by atoms with Gasteiger partial charge in [-0.05, 0) is 58.4 Å². The summed E-state index contributed by atoms with van der Waals surface area (Å²) in [5.41, 5.74) is 0.923. The molecule has 0 aliphatic heterocycles. The Morgan fingerprint density at radius 3 is 2.25 bits per heavy atom. The van der Waals surface area contributed by atoms with E-state index < -0.39 is 5.97 Å². The lowest BCUT2D eigenvalue weighted by Crippen LogP contribution is -2.12. The van der Waals surface area contributed by atoms with Crippen molar-refractivity contribution in [1.29, 1.82) is 0 Å². The molecule has 0 saturated carbocycles. The first-order chi connectivity index (χ1) is 9.47. The van der Waals surface area contributed by atoms with Crippen LogP contribution >= 0.6 is 27.5 Å². The first-order valence-electron chi connectivity index (χ1n) is 5.57. The summed E-state index contributed by atoms with van der Waals surface area (Å²) in [6.07, 6.45) is 0. The first-order valence-corrected chi connectivity index (χ1v) is 6.74. The molecule has 0 heterocycles. The number of carbonyl (C=O) groups is 2. The molecule has 0 aliphatic carbocycles. The Morgan fingerprint density at radius 1 is 1.05 bits per heavy atom. The predicted octanol–water partition coefficient (Wildman–Crippen LogP) is 4.05. The van der Waals surface area contributed by atoms with Crippen LogP contribution in [-0.2, 0) is 0 Å². The minimum Gasteiger partial charge on any atom is -0.478 e. The number of halogens is 2. The molecule has 0 aromatic heterocycles. The van der Waals surface area contributed by atoms with Crippen molar-refractivity contribution < 1.29 is 14.7 Å². The molecule has 0 fully saturated rings. The van der Waals surface area contributed by atoms with Gasteiger partial charge in [-0.15, -0.1) is 0 Å². The number of aromatic carboxylic acids is 1. The molecule has 0 unspecified atom stereocenters. The van der Waals surface area contributed by atoms with Crippen molar-refractivity contribution in [3.05, 3.63) is 63.1 Å². The van der Waals surface area contributed by atoms with Gasteiger partial charge in [0, 0.05) is 15.1 Å². The second-order valence-electron chi connectivity index (χ2n) is 3.96. The average molecular weight is 355 g/mol. The fourth-order valence-corrected chi connectivity index (χ4v) is 2.02. The molecule has 2 aromatic carbocycles. The number of carboxylic acid groups (broad SMARTS) is 1. The van der Waals surface area contributed by atoms with Gasteiger partial charge in [0.2, 0.25) is 0 Å². The second-order valence-corrected chi connectivity index (χ2v) is 5.25. The van der Waals surface area contributed by atoms with Gasteiger partial charge in [0.1, 0.15) is 0 Å². The minimum absolute atomic E-state index is 0.0969. The maximum atomic E-state index is 12.0. The molecule has 0 radical (unpaired) electrons. The Kier molecular flexibility index (Phi) is 4.42. The number of nitrogens with one attached hydrogen (secondary N) is 1. The van der Waals surface area contributed by atoms with Crippen LogP contribution in [0.15, 0.2) is 46.9 Å². The van der Waals surface area contributed by atoms with Crippen molar-refractivity contribution >= 4 is 45.1 Å². The fourth-order valence-electron chi connectivity index (χ4n) is 1.55. The van der Waals surface area contributed by atoms with Gasteiger partial charge in [0.25, 0.3) is 5.91 Å². The number of benzene rings is 2. The Morgan fingerprint density at radius 2 is 1.65 bits per heavy atom. The molecule has 2 N–H and O–H groups in total. The van der Waals surface area contributed by atoms with E-state index in [0.717, 1.165) is 0 Å². The smallest absolute Gasteiger partial charge is 0.335 e. The highest BCUT2D eigenvalue weighted by Gasteiger charge is 2.11. The Balaban J connectivity index is 2.25. The molecule has 2 rings (SSSR count). The molecule has 20 heavy (non-hydrogen) atoms. The third-order valence-corrected chi connectivity index (χ3v) is 3.51. The summed E-state index contributed by atoms with van der Waals surface area (Å²) in [6.45, 7) is 0. The SMILES string of the molecule is O=C(O)c1ccc(Br)c(NC(=O)c2ccc(Cl)cc2)c1. The van der Waals surface area contributed by atoms with Crippen LogP contribution in [0.5, 0.6) is 0 Å². The molecule has 0 bridgehead atoms. The lowest BCUT2D eigenvalue weighted by atomic mass is 10.1. The van der Waals surface area contributed by atoms with Crippen LogP contribution in [0.4, 0.5) is 5.69 Å². The average Bonchev–Trinajstić information content (AvgIpc) is 2.41. The van der Waals surface area contributed by atoms with Crippen molar-refractivity contribution in [3.8, 4) is 0 Å². The van der Waals surface area contributed by atoms with E-state index in [1.165, 1.54) is 12.1 Å². The summed E-state index contributed by atoms with van der Waals surface area (Å²) in [6, 6.07) is 10.8. The summed E-state index contributed by atoms with van der Waals surface area (Å²) in [7, 11) is 0. The molecule has 2 aromatic rings. The molecule has 0 spiro atoms. The summed E-state index contributed by atoms with van der Waals surface area (Å²) in [4.78, 5) is 23.0. The van der Waals surface area contributed by atoms with Crippen molar-refractivity contribution in [2.75, 3.05) is 5.32 Å². The number of anilines is 1. The van der Waals surface area contributed by atoms with E-state index in [-0.39, 0.29) is 11.5 Å². The number of carbonyl (C=O) groups excluding carboxylic acids is 1. The number of carboxylic acids is 1. The van der Waals surface area contributed by atoms with Crippen LogP contribution < -0.4 is 5.32 Å². The maximum absolute atomic E-state index is 12.0. The number of amides is 1. The molecule has 6 heteroatoms. The van der Waals surface area contributed by atoms with E-state index >= 15 is 0 Å². The minimum atomic E-state index is -1.06. The van der Waals surface area contributed by atoms with Gasteiger partial charge < -0.3 is 10.4 Å². The third kappa shape index (κ3) is 3.37. The number of rotatable bonds is 3. The summed E-state index contributed by atoms with van der Waals surface area (Å²) < 4.78 is 0.602. The van der Waals surface area contributed by atoms with Crippen LogP contribution in [-0.4, -0.2) is 17.0 Å². The first kappa shape index (κ1) is 14.6. The molecule has 0 atom stereocenters. The topological polar surface area (TPSA) is 66.4 Å². The van der Waals surface area contributed by atoms with Crippen molar-refractivity contribution in [3.63, 3.8) is 0 Å². The van der Waals surface area contributed by atoms with E-state index in [1.54, 1.807) is 30.3 Å². The van der Waals surface area contributed by atoms with Gasteiger partial charge in [-0.1, -0.05) is 11.6 Å². The van der Waals surface area contributed by atoms with Gasteiger partial charge in [0.15, 0.2) is 0 Å². The van der Waals surface area contributed by atoms with Crippen LogP contribution in [0.3, 0.4) is 0 Å². The molecule has 0 aliphatic rings. The van der Waals surface area contributed by atoms with Crippen LogP contribution in [0.25, 0.3) is 0 Å². The van der Waals surface area contributed by atoms with E-state index in [9.17, 15) is 9.59 Å². The van der Waals surface area contributed by atoms with E-state index in [2.05, 4.69) is 21.2 Å². The van der Waals surface area contributed by atoms with Crippen molar-refractivity contribution in [2.45, 2.75) is 0 Å². The van der Waals surface area contributed by atoms with E-state index in [1.807, 2.05) is 0 Å². The maximum Gasteiger partial charge on any atom is 0.335 e. The van der Waals surface area contributed by atoms with Gasteiger partial charge in [-0.25, -0.2) is 4.79 Å². The van der Waals surface area contributed by atoms with Crippen molar-refractivity contribution in [1.82, 2.24) is 0 Å². The molecule has 0 saturated heterocycles. The largest absolute Gasteiger partial charge is 0.478 e. The highest BCUT2D eigenvalue weighted by atomic mass is 79.9. The van der Waals surface area contributed by atoms with Crippen LogP contribution in [0.2, 0.25) is 5.02 Å². The number of hydrogen-bond donors (Lipinski definition) is 2. The van der Waals surface area contributed by atoms with Crippen molar-refractivity contribution in [2.24, 2.45) is 0 Å². The predicted molar refractivity (Wildman–Crippen MR) is 80.5 cm³/mol. The number of hydrogen-bond acceptors (Lipinski definition) is 2. The molecular formula is C14H9BrClNO3. The van der Waals surface area contributed by atoms with Gasteiger partial charge >= 0.3 is 5.97 Å². The van der Waals surface area contributed by atoms with E-state index in [0.29, 0.717) is 20.7 Å². The Hall–Kier alpha value is -1.85.